The summed E-state index contributed by atoms with van der Waals surface area (Å²) in [7, 11) is -3.91. The molecule has 4 rings (SSSR count). The molecule has 2 saturated heterocycles. The summed E-state index contributed by atoms with van der Waals surface area (Å²) >= 11 is 5.84. The molecule has 184 valence electrons. The van der Waals surface area contributed by atoms with Crippen LogP contribution >= 0.6 is 11.6 Å². The molecule has 2 aliphatic heterocycles. The maximum Gasteiger partial charge on any atom is 0.393 e. The second-order valence-electron chi connectivity index (χ2n) is 9.32. The first kappa shape index (κ1) is 24.8. The second kappa shape index (κ2) is 9.71. The van der Waals surface area contributed by atoms with E-state index in [-0.39, 0.29) is 36.2 Å². The summed E-state index contributed by atoms with van der Waals surface area (Å²) in [6, 6.07) is 6.11. The van der Waals surface area contributed by atoms with E-state index in [2.05, 4.69) is 16.0 Å². The van der Waals surface area contributed by atoms with Crippen LogP contribution in [0.4, 0.5) is 13.2 Å². The van der Waals surface area contributed by atoms with Crippen LogP contribution in [0.25, 0.3) is 0 Å². The van der Waals surface area contributed by atoms with Gasteiger partial charge in [0, 0.05) is 18.0 Å². The molecule has 1 saturated carbocycles. The molecule has 11 heteroatoms. The van der Waals surface area contributed by atoms with Crippen LogP contribution in [0.1, 0.15) is 37.7 Å². The summed E-state index contributed by atoms with van der Waals surface area (Å²) < 4.78 is 65.6. The number of carbonyl (C=O) groups is 1. The van der Waals surface area contributed by atoms with Gasteiger partial charge in [0.1, 0.15) is 0 Å². The molecule has 33 heavy (non-hydrogen) atoms. The van der Waals surface area contributed by atoms with Crippen LogP contribution in [-0.2, 0) is 21.2 Å². The van der Waals surface area contributed by atoms with Crippen molar-refractivity contribution in [2.24, 2.45) is 11.8 Å². The number of carbonyl (C=O) groups excluding carboxylic acids is 1. The van der Waals surface area contributed by atoms with Gasteiger partial charge in [-0.05, 0) is 68.8 Å². The molecule has 6 atom stereocenters. The van der Waals surface area contributed by atoms with Gasteiger partial charge >= 0.3 is 6.18 Å². The Morgan fingerprint density at radius 3 is 2.52 bits per heavy atom. The molecule has 6 unspecified atom stereocenters. The molecule has 0 radical (unpaired) electrons. The molecule has 0 bridgehead atoms. The quantitative estimate of drug-likeness (QED) is 0.533. The van der Waals surface area contributed by atoms with Crippen molar-refractivity contribution in [1.29, 1.82) is 0 Å². The van der Waals surface area contributed by atoms with E-state index in [9.17, 15) is 26.4 Å². The largest absolute Gasteiger partial charge is 0.393 e. The lowest BCUT2D eigenvalue weighted by Crippen LogP contribution is -2.45. The Balaban J connectivity index is 1.34. The molecule has 3 aliphatic rings. The standard InChI is InChI=1S/C22H29ClF3N3O3S/c23-18-6-5-16(10-17(18)22(24,25)26)33(31,32)15-3-1-13(2-4-15)11-28-21(30)20-9-14-12-27-8-7-19(14)29-20/h1-4,14,16-20,27,29H,5-12H2,(H,28,30). The molecule has 0 spiro atoms. The van der Waals surface area contributed by atoms with Gasteiger partial charge in [0.2, 0.25) is 5.91 Å². The number of halogens is 4. The third kappa shape index (κ3) is 5.49. The fourth-order valence-corrected chi connectivity index (χ4v) is 7.40. The zero-order valence-corrected chi connectivity index (χ0v) is 19.6. The van der Waals surface area contributed by atoms with E-state index in [0.29, 0.717) is 12.0 Å². The fourth-order valence-electron chi connectivity index (χ4n) is 5.22. The van der Waals surface area contributed by atoms with Gasteiger partial charge in [0.25, 0.3) is 0 Å². The molecule has 3 fully saturated rings. The van der Waals surface area contributed by atoms with E-state index in [1.807, 2.05) is 0 Å². The number of nitrogens with one attached hydrogen (secondary N) is 3. The van der Waals surface area contributed by atoms with Crippen molar-refractivity contribution >= 4 is 27.3 Å². The Labute approximate surface area is 196 Å². The molecule has 6 nitrogen and oxygen atoms in total. The number of sulfone groups is 1. The van der Waals surface area contributed by atoms with Gasteiger partial charge in [-0.2, -0.15) is 13.2 Å². The molecular weight excluding hydrogens is 479 g/mol. The van der Waals surface area contributed by atoms with E-state index in [0.717, 1.165) is 31.5 Å². The minimum atomic E-state index is -4.52. The molecule has 2 heterocycles. The fraction of sp³-hybridized carbons (Fsp3) is 0.682. The third-order valence-electron chi connectivity index (χ3n) is 7.17. The van der Waals surface area contributed by atoms with E-state index in [1.165, 1.54) is 12.1 Å². The van der Waals surface area contributed by atoms with Crippen molar-refractivity contribution in [2.75, 3.05) is 13.1 Å². The van der Waals surface area contributed by atoms with Crippen LogP contribution < -0.4 is 16.0 Å². The maximum atomic E-state index is 13.2. The third-order valence-corrected chi connectivity index (χ3v) is 9.93. The molecule has 1 aromatic carbocycles. The Bertz CT molecular complexity index is 944. The topological polar surface area (TPSA) is 87.3 Å². The SMILES string of the molecule is O=C(NCc1ccc(S(=O)(=O)C2CCC(Cl)C(C(F)(F)F)C2)cc1)C1CC2CNCCC2N1. The number of benzene rings is 1. The van der Waals surface area contributed by atoms with Crippen LogP contribution in [0.5, 0.6) is 0 Å². The van der Waals surface area contributed by atoms with Crippen LogP contribution in [-0.4, -0.2) is 56.3 Å². The number of rotatable bonds is 5. The lowest BCUT2D eigenvalue weighted by molar-refractivity contribution is -0.180. The Hall–Kier alpha value is -1.36. The number of alkyl halides is 4. The minimum Gasteiger partial charge on any atom is -0.351 e. The molecule has 0 aromatic heterocycles. The van der Waals surface area contributed by atoms with Gasteiger partial charge < -0.3 is 16.0 Å². The molecular formula is C22H29ClF3N3O3S. The summed E-state index contributed by atoms with van der Waals surface area (Å²) in [5.41, 5.74) is 0.719. The monoisotopic (exact) mass is 507 g/mol. The van der Waals surface area contributed by atoms with Crippen molar-refractivity contribution in [3.63, 3.8) is 0 Å². The Morgan fingerprint density at radius 2 is 1.85 bits per heavy atom. The van der Waals surface area contributed by atoms with E-state index < -0.39 is 39.0 Å². The summed E-state index contributed by atoms with van der Waals surface area (Å²) in [4.78, 5) is 12.5. The Morgan fingerprint density at radius 1 is 1.12 bits per heavy atom. The van der Waals surface area contributed by atoms with Crippen LogP contribution in [0.2, 0.25) is 0 Å². The van der Waals surface area contributed by atoms with Crippen molar-refractivity contribution in [3.8, 4) is 0 Å². The minimum absolute atomic E-state index is 0.00667. The normalized spacial score (nSPS) is 32.8. The van der Waals surface area contributed by atoms with Crippen molar-refractivity contribution in [1.82, 2.24) is 16.0 Å². The van der Waals surface area contributed by atoms with Gasteiger partial charge in [-0.25, -0.2) is 8.42 Å². The zero-order chi connectivity index (χ0) is 23.8. The van der Waals surface area contributed by atoms with Crippen molar-refractivity contribution in [3.05, 3.63) is 29.8 Å². The number of hydrogen-bond acceptors (Lipinski definition) is 5. The summed E-state index contributed by atoms with van der Waals surface area (Å²) in [5, 5.41) is 7.41. The van der Waals surface area contributed by atoms with E-state index in [1.54, 1.807) is 12.1 Å². The highest BCUT2D eigenvalue weighted by molar-refractivity contribution is 7.92. The van der Waals surface area contributed by atoms with Gasteiger partial charge in [-0.3, -0.25) is 4.79 Å². The summed E-state index contributed by atoms with van der Waals surface area (Å²) in [6.45, 7) is 2.11. The van der Waals surface area contributed by atoms with Gasteiger partial charge in [-0.15, -0.1) is 11.6 Å². The van der Waals surface area contributed by atoms with Crippen molar-refractivity contribution in [2.45, 2.75) is 72.4 Å². The Kier molecular flexibility index (Phi) is 7.29. The first-order valence-electron chi connectivity index (χ1n) is 11.3. The average Bonchev–Trinajstić information content (AvgIpc) is 3.21. The van der Waals surface area contributed by atoms with Crippen LogP contribution in [0, 0.1) is 11.8 Å². The maximum absolute atomic E-state index is 13.2. The van der Waals surface area contributed by atoms with Gasteiger partial charge in [-0.1, -0.05) is 12.1 Å². The highest BCUT2D eigenvalue weighted by atomic mass is 35.5. The van der Waals surface area contributed by atoms with E-state index in [4.69, 9.17) is 11.6 Å². The second-order valence-corrected chi connectivity index (χ2v) is 12.1. The highest BCUT2D eigenvalue weighted by Crippen LogP contribution is 2.43. The molecule has 3 N–H and O–H groups in total. The van der Waals surface area contributed by atoms with E-state index >= 15 is 0 Å². The highest BCUT2D eigenvalue weighted by Gasteiger charge is 2.49. The molecule has 1 aliphatic carbocycles. The van der Waals surface area contributed by atoms with Gasteiger partial charge in [0.05, 0.1) is 22.1 Å². The first-order chi connectivity index (χ1) is 15.6. The predicted octanol–water partition coefficient (Wildman–Crippen LogP) is 2.75. The van der Waals surface area contributed by atoms with Crippen molar-refractivity contribution < 1.29 is 26.4 Å². The lowest BCUT2D eigenvalue weighted by Gasteiger charge is -2.33. The number of amides is 1. The summed E-state index contributed by atoms with van der Waals surface area (Å²) in [5.74, 6) is -1.46. The number of piperidine rings is 1. The number of fused-ring (bicyclic) bond motifs is 1. The molecule has 1 aromatic rings. The zero-order valence-electron chi connectivity index (χ0n) is 18.1. The van der Waals surface area contributed by atoms with Gasteiger partial charge in [0.15, 0.2) is 9.84 Å². The number of hydrogen-bond donors (Lipinski definition) is 3. The summed E-state index contributed by atoms with van der Waals surface area (Å²) in [6.07, 6.45) is -3.15. The predicted molar refractivity (Wildman–Crippen MR) is 119 cm³/mol. The van der Waals surface area contributed by atoms with Crippen LogP contribution in [0.3, 0.4) is 0 Å². The lowest BCUT2D eigenvalue weighted by atomic mass is 9.88. The smallest absolute Gasteiger partial charge is 0.351 e. The average molecular weight is 508 g/mol. The first-order valence-corrected chi connectivity index (χ1v) is 13.3. The van der Waals surface area contributed by atoms with Crippen LogP contribution in [0.15, 0.2) is 29.2 Å². The molecule has 1 amide bonds.